The second kappa shape index (κ2) is 5.77. The number of halogens is 1. The molecule has 1 unspecified atom stereocenters. The minimum Gasteiger partial charge on any atom is -0.370 e. The molecule has 4 nitrogen and oxygen atoms in total. The third-order valence-electron chi connectivity index (χ3n) is 5.24. The highest BCUT2D eigenvalue weighted by atomic mass is 35.5. The van der Waals surface area contributed by atoms with Crippen LogP contribution in [0.3, 0.4) is 0 Å². The number of rotatable bonds is 5. The fourth-order valence-corrected chi connectivity index (χ4v) is 3.78. The predicted octanol–water partition coefficient (Wildman–Crippen LogP) is 2.35. The monoisotopic (exact) mass is 327 g/mol. The first-order valence-electron chi connectivity index (χ1n) is 7.70. The summed E-state index contributed by atoms with van der Waals surface area (Å²) in [5.41, 5.74) is -1.64. The maximum absolute atomic E-state index is 11.5. The van der Waals surface area contributed by atoms with Gasteiger partial charge in [-0.1, -0.05) is 44.0 Å². The Hall–Kier alpha value is -0.650. The maximum atomic E-state index is 11.5. The zero-order chi connectivity index (χ0) is 16.8. The van der Waals surface area contributed by atoms with Gasteiger partial charge in [-0.2, -0.15) is 0 Å². The molecule has 1 aliphatic rings. The summed E-state index contributed by atoms with van der Waals surface area (Å²) < 4.78 is 0. The number of likely N-dealkylation sites (N-methyl/N-ethyl adjacent to an activating group) is 1. The Bertz CT molecular complexity index is 523. The molecule has 0 amide bonds. The van der Waals surface area contributed by atoms with Gasteiger partial charge in [0.1, 0.15) is 0 Å². The smallest absolute Gasteiger partial charge is 0.210 e. The van der Waals surface area contributed by atoms with Crippen LogP contribution in [0.2, 0.25) is 5.02 Å². The topological polar surface area (TPSA) is 63.9 Å². The lowest BCUT2D eigenvalue weighted by Crippen LogP contribution is -2.76. The van der Waals surface area contributed by atoms with Gasteiger partial charge in [-0.05, 0) is 44.6 Å². The van der Waals surface area contributed by atoms with Crippen LogP contribution in [0.1, 0.15) is 38.7 Å². The van der Waals surface area contributed by atoms with E-state index in [4.69, 9.17) is 11.6 Å². The van der Waals surface area contributed by atoms with Gasteiger partial charge in [0.05, 0.1) is 0 Å². The number of benzene rings is 1. The summed E-state index contributed by atoms with van der Waals surface area (Å²) in [6.45, 7) is 3.39. The average Bonchev–Trinajstić information content (AvgIpc) is 2.38. The van der Waals surface area contributed by atoms with Crippen LogP contribution < -0.4 is 0 Å². The molecule has 5 heteroatoms. The van der Waals surface area contributed by atoms with Gasteiger partial charge >= 0.3 is 0 Å². The number of hydrogen-bond acceptors (Lipinski definition) is 4. The molecule has 0 saturated heterocycles. The SMILES string of the molecule is CC(C)C(O)(O)C(O)(N(C)C)C1(c2ccc(Cl)cc2)CCC1. The Labute approximate surface area is 137 Å². The summed E-state index contributed by atoms with van der Waals surface area (Å²) in [5, 5.41) is 33.6. The van der Waals surface area contributed by atoms with Crippen LogP contribution in [0.5, 0.6) is 0 Å². The summed E-state index contributed by atoms with van der Waals surface area (Å²) in [7, 11) is 3.36. The molecule has 1 aromatic rings. The lowest BCUT2D eigenvalue weighted by atomic mass is 9.55. The second-order valence-electron chi connectivity index (χ2n) is 6.89. The van der Waals surface area contributed by atoms with E-state index in [0.29, 0.717) is 17.9 Å². The maximum Gasteiger partial charge on any atom is 0.210 e. The molecule has 3 N–H and O–H groups in total. The molecule has 1 aromatic carbocycles. The van der Waals surface area contributed by atoms with Crippen LogP contribution in [0.25, 0.3) is 0 Å². The summed E-state index contributed by atoms with van der Waals surface area (Å²) in [5.74, 6) is -2.76. The zero-order valence-electron chi connectivity index (χ0n) is 13.7. The van der Waals surface area contributed by atoms with Crippen molar-refractivity contribution in [1.29, 1.82) is 0 Å². The van der Waals surface area contributed by atoms with E-state index >= 15 is 0 Å². The fraction of sp³-hybridized carbons (Fsp3) is 0.647. The lowest BCUT2D eigenvalue weighted by Gasteiger charge is -2.61. The molecule has 2 rings (SSSR count). The van der Waals surface area contributed by atoms with Gasteiger partial charge in [0.25, 0.3) is 0 Å². The number of aliphatic hydroxyl groups is 3. The Balaban J connectivity index is 2.61. The fourth-order valence-electron chi connectivity index (χ4n) is 3.65. The molecule has 22 heavy (non-hydrogen) atoms. The average molecular weight is 328 g/mol. The van der Waals surface area contributed by atoms with E-state index < -0.39 is 22.8 Å². The van der Waals surface area contributed by atoms with Gasteiger partial charge in [0.2, 0.25) is 5.79 Å². The Morgan fingerprint density at radius 2 is 1.59 bits per heavy atom. The Morgan fingerprint density at radius 3 is 1.91 bits per heavy atom. The van der Waals surface area contributed by atoms with Crippen LogP contribution in [-0.2, 0) is 5.41 Å². The van der Waals surface area contributed by atoms with E-state index in [-0.39, 0.29) is 0 Å². The van der Waals surface area contributed by atoms with Crippen LogP contribution in [0, 0.1) is 5.92 Å². The summed E-state index contributed by atoms with van der Waals surface area (Å²) >= 11 is 5.97. The van der Waals surface area contributed by atoms with Crippen molar-refractivity contribution in [3.8, 4) is 0 Å². The van der Waals surface area contributed by atoms with Crippen molar-refractivity contribution in [3.05, 3.63) is 34.9 Å². The van der Waals surface area contributed by atoms with E-state index in [1.54, 1.807) is 40.1 Å². The van der Waals surface area contributed by atoms with E-state index in [0.717, 1.165) is 12.0 Å². The minimum absolute atomic E-state index is 0.523. The third-order valence-corrected chi connectivity index (χ3v) is 5.49. The highest BCUT2D eigenvalue weighted by molar-refractivity contribution is 6.30. The molecule has 0 radical (unpaired) electrons. The van der Waals surface area contributed by atoms with E-state index in [1.807, 2.05) is 12.1 Å². The van der Waals surface area contributed by atoms with Gasteiger partial charge in [-0.25, -0.2) is 0 Å². The number of nitrogens with zero attached hydrogens (tertiary/aromatic N) is 1. The molecule has 1 aliphatic carbocycles. The zero-order valence-corrected chi connectivity index (χ0v) is 14.4. The normalized spacial score (nSPS) is 20.8. The van der Waals surface area contributed by atoms with E-state index in [9.17, 15) is 15.3 Å². The van der Waals surface area contributed by atoms with Crippen LogP contribution in [0.15, 0.2) is 24.3 Å². The van der Waals surface area contributed by atoms with Crippen molar-refractivity contribution in [2.24, 2.45) is 5.92 Å². The molecule has 0 bridgehead atoms. The Morgan fingerprint density at radius 1 is 1.09 bits per heavy atom. The van der Waals surface area contributed by atoms with E-state index in [2.05, 4.69) is 0 Å². The molecule has 0 heterocycles. The summed E-state index contributed by atoms with van der Waals surface area (Å²) in [6, 6.07) is 7.29. The largest absolute Gasteiger partial charge is 0.370 e. The van der Waals surface area contributed by atoms with Crippen LogP contribution in [-0.4, -0.2) is 45.8 Å². The summed E-state index contributed by atoms with van der Waals surface area (Å²) in [4.78, 5) is 1.53. The highest BCUT2D eigenvalue weighted by Crippen LogP contribution is 2.56. The van der Waals surface area contributed by atoms with Crippen LogP contribution >= 0.6 is 11.6 Å². The molecule has 0 spiro atoms. The standard InChI is InChI=1S/C17H26ClNO3/c1-12(2)16(20,21)17(22,19(3)4)15(10-5-11-15)13-6-8-14(18)9-7-13/h6-9,12,20-22H,5,10-11H2,1-4H3. The molecule has 0 aliphatic heterocycles. The van der Waals surface area contributed by atoms with Gasteiger partial charge < -0.3 is 15.3 Å². The minimum atomic E-state index is -2.24. The summed E-state index contributed by atoms with van der Waals surface area (Å²) in [6.07, 6.45) is 2.32. The van der Waals surface area contributed by atoms with Crippen molar-refractivity contribution in [1.82, 2.24) is 4.90 Å². The van der Waals surface area contributed by atoms with E-state index in [1.165, 1.54) is 4.90 Å². The Kier molecular flexibility index (Phi) is 4.64. The van der Waals surface area contributed by atoms with Crippen LogP contribution in [0.4, 0.5) is 0 Å². The third kappa shape index (κ3) is 2.29. The van der Waals surface area contributed by atoms with Gasteiger partial charge in [-0.15, -0.1) is 0 Å². The van der Waals surface area contributed by atoms with Crippen molar-refractivity contribution in [2.75, 3.05) is 14.1 Å². The first kappa shape index (κ1) is 17.7. The lowest BCUT2D eigenvalue weighted by molar-refractivity contribution is -0.369. The number of hydrogen-bond donors (Lipinski definition) is 3. The first-order chi connectivity index (χ1) is 10.1. The van der Waals surface area contributed by atoms with Gasteiger partial charge in [0.15, 0.2) is 5.72 Å². The first-order valence-corrected chi connectivity index (χ1v) is 8.08. The van der Waals surface area contributed by atoms with Crippen molar-refractivity contribution < 1.29 is 15.3 Å². The molecule has 124 valence electrons. The molecule has 1 atom stereocenters. The van der Waals surface area contributed by atoms with Crippen molar-refractivity contribution in [2.45, 2.75) is 50.0 Å². The second-order valence-corrected chi connectivity index (χ2v) is 7.33. The highest BCUT2D eigenvalue weighted by Gasteiger charge is 2.67. The molecule has 1 saturated carbocycles. The van der Waals surface area contributed by atoms with Crippen molar-refractivity contribution in [3.63, 3.8) is 0 Å². The van der Waals surface area contributed by atoms with Crippen molar-refractivity contribution >= 4 is 11.6 Å². The predicted molar refractivity (Wildman–Crippen MR) is 87.6 cm³/mol. The molecule has 1 fully saturated rings. The van der Waals surface area contributed by atoms with Gasteiger partial charge in [-0.3, -0.25) is 4.90 Å². The van der Waals surface area contributed by atoms with Gasteiger partial charge in [0, 0.05) is 16.4 Å². The molecule has 0 aromatic heterocycles. The molecular formula is C17H26ClNO3. The molecular weight excluding hydrogens is 302 g/mol. The quantitative estimate of drug-likeness (QED) is 0.726.